The van der Waals surface area contributed by atoms with Crippen molar-refractivity contribution in [1.29, 1.82) is 0 Å². The number of methoxy groups -OCH3 is 1. The zero-order valence-corrected chi connectivity index (χ0v) is 24.2. The van der Waals surface area contributed by atoms with Crippen molar-refractivity contribution in [3.8, 4) is 0 Å². The molecule has 3 aliphatic rings. The van der Waals surface area contributed by atoms with Gasteiger partial charge in [0.1, 0.15) is 0 Å². The number of hydrogen-bond acceptors (Lipinski definition) is 9. The number of nitrogens with one attached hydrogen (secondary N) is 3. The van der Waals surface area contributed by atoms with Gasteiger partial charge in [-0.2, -0.15) is 9.97 Å². The number of fused-ring (bicyclic) bond motifs is 1. The Kier molecular flexibility index (Phi) is 8.41. The molecule has 3 fully saturated rings. The molecule has 12 nitrogen and oxygen atoms in total. The number of ether oxygens (including phenoxy) is 1. The molecule has 0 bridgehead atoms. The highest BCUT2D eigenvalue weighted by Crippen LogP contribution is 2.34. The molecule has 2 aliphatic carbocycles. The minimum absolute atomic E-state index is 0.131. The van der Waals surface area contributed by atoms with Gasteiger partial charge in [-0.1, -0.05) is 25.0 Å². The van der Waals surface area contributed by atoms with E-state index in [9.17, 15) is 9.59 Å². The maximum absolute atomic E-state index is 13.0. The topological polar surface area (TPSA) is 152 Å². The molecule has 2 amide bonds. The molecule has 0 atom stereocenters. The van der Waals surface area contributed by atoms with Gasteiger partial charge in [0, 0.05) is 37.3 Å². The summed E-state index contributed by atoms with van der Waals surface area (Å²) in [5.74, 6) is 0.884. The van der Waals surface area contributed by atoms with Gasteiger partial charge >= 0.3 is 12.0 Å². The monoisotopic (exact) mass is 575 g/mol. The number of para-hydroxylation sites is 1. The lowest BCUT2D eigenvalue weighted by atomic mass is 9.92. The second-order valence-corrected chi connectivity index (χ2v) is 11.8. The van der Waals surface area contributed by atoms with Crippen molar-refractivity contribution in [2.24, 2.45) is 5.73 Å². The van der Waals surface area contributed by atoms with E-state index in [1.807, 2.05) is 6.33 Å². The number of nitrogens with zero attached hydrogens (tertiary/aromatic N) is 5. The number of nitrogens with two attached hydrogens (primary N) is 1. The standard InChI is InChI=1S/C30H41N9O3/c1-42-28(40)23-8-4-5-9-24(23)35-30(41)38-16-14-21(15-17-38)33-26-25-27(39(18-32-25)22-6-2-3-7-22)37-29(36-26)34-20-12-10-19(31)11-13-20/h4-5,8-9,18-22H,2-3,6-7,10-17,31H2,1H3,(H,35,41)(H2,33,34,36,37)/t19-,20-. The Bertz CT molecular complexity index is 1400. The number of esters is 1. The lowest BCUT2D eigenvalue weighted by Crippen LogP contribution is -2.44. The highest BCUT2D eigenvalue weighted by atomic mass is 16.5. The number of carbonyl (C=O) groups is 2. The largest absolute Gasteiger partial charge is 0.465 e. The van der Waals surface area contributed by atoms with Crippen LogP contribution in [0.25, 0.3) is 11.2 Å². The lowest BCUT2D eigenvalue weighted by Gasteiger charge is -2.33. The van der Waals surface area contributed by atoms with Crippen LogP contribution in [0.1, 0.15) is 80.6 Å². The molecule has 0 spiro atoms. The molecular weight excluding hydrogens is 534 g/mol. The Hall–Kier alpha value is -3.93. The second-order valence-electron chi connectivity index (χ2n) is 11.8. The van der Waals surface area contributed by atoms with E-state index in [4.69, 9.17) is 25.4 Å². The van der Waals surface area contributed by atoms with Crippen molar-refractivity contribution in [2.75, 3.05) is 36.1 Å². The van der Waals surface area contributed by atoms with E-state index >= 15 is 0 Å². The number of likely N-dealkylation sites (tertiary alicyclic amines) is 1. The number of anilines is 3. The van der Waals surface area contributed by atoms with E-state index in [0.29, 0.717) is 42.4 Å². The van der Waals surface area contributed by atoms with Gasteiger partial charge in [-0.3, -0.25) is 0 Å². The average Bonchev–Trinajstić information content (AvgIpc) is 3.69. The number of urea groups is 1. The van der Waals surface area contributed by atoms with Gasteiger partial charge in [0.05, 0.1) is 24.7 Å². The molecule has 2 saturated carbocycles. The summed E-state index contributed by atoms with van der Waals surface area (Å²) in [6.45, 7) is 1.14. The van der Waals surface area contributed by atoms with Gasteiger partial charge in [-0.15, -0.1) is 0 Å². The average molecular weight is 576 g/mol. The van der Waals surface area contributed by atoms with Crippen LogP contribution in [0.4, 0.5) is 22.2 Å². The molecule has 6 rings (SSSR count). The number of imidazole rings is 1. The zero-order valence-electron chi connectivity index (χ0n) is 24.2. The molecule has 1 aliphatic heterocycles. The van der Waals surface area contributed by atoms with Gasteiger partial charge in [0.15, 0.2) is 17.0 Å². The first-order chi connectivity index (χ1) is 20.5. The van der Waals surface area contributed by atoms with Crippen LogP contribution in [0, 0.1) is 0 Å². The van der Waals surface area contributed by atoms with Gasteiger partial charge in [-0.05, 0) is 63.5 Å². The number of rotatable bonds is 7. The van der Waals surface area contributed by atoms with Crippen molar-refractivity contribution in [3.05, 3.63) is 36.2 Å². The van der Waals surface area contributed by atoms with E-state index in [-0.39, 0.29) is 18.1 Å². The van der Waals surface area contributed by atoms with Crippen LogP contribution in [0.3, 0.4) is 0 Å². The van der Waals surface area contributed by atoms with Crippen molar-refractivity contribution >= 4 is 40.6 Å². The maximum Gasteiger partial charge on any atom is 0.339 e. The molecule has 3 heterocycles. The molecule has 224 valence electrons. The zero-order chi connectivity index (χ0) is 29.1. The Balaban J connectivity index is 1.15. The van der Waals surface area contributed by atoms with Gasteiger partial charge in [0.2, 0.25) is 5.95 Å². The third kappa shape index (κ3) is 6.13. The van der Waals surface area contributed by atoms with Crippen LogP contribution in [0.5, 0.6) is 0 Å². The Labute approximate surface area is 245 Å². The number of benzene rings is 1. The molecule has 0 unspecified atom stereocenters. The summed E-state index contributed by atoms with van der Waals surface area (Å²) in [6, 6.07) is 7.77. The van der Waals surface area contributed by atoms with Gasteiger partial charge in [-0.25, -0.2) is 14.6 Å². The summed E-state index contributed by atoms with van der Waals surface area (Å²) >= 11 is 0. The third-order valence-electron chi connectivity index (χ3n) is 8.94. The molecule has 42 heavy (non-hydrogen) atoms. The van der Waals surface area contributed by atoms with Gasteiger partial charge < -0.3 is 35.9 Å². The number of amides is 2. The summed E-state index contributed by atoms with van der Waals surface area (Å²) in [6.07, 6.45) is 12.2. The van der Waals surface area contributed by atoms with Crippen molar-refractivity contribution in [2.45, 2.75) is 88.4 Å². The molecule has 1 saturated heterocycles. The fourth-order valence-corrected chi connectivity index (χ4v) is 6.47. The first kappa shape index (κ1) is 28.2. The Morgan fingerprint density at radius 2 is 1.64 bits per heavy atom. The van der Waals surface area contributed by atoms with Crippen LogP contribution in [0.15, 0.2) is 30.6 Å². The fraction of sp³-hybridized carbons (Fsp3) is 0.567. The summed E-state index contributed by atoms with van der Waals surface area (Å²) < 4.78 is 7.08. The molecule has 0 radical (unpaired) electrons. The van der Waals surface area contributed by atoms with Crippen molar-refractivity contribution in [3.63, 3.8) is 0 Å². The third-order valence-corrected chi connectivity index (χ3v) is 8.94. The van der Waals surface area contributed by atoms with E-state index in [1.54, 1.807) is 29.2 Å². The summed E-state index contributed by atoms with van der Waals surface area (Å²) in [4.78, 5) is 41.6. The summed E-state index contributed by atoms with van der Waals surface area (Å²) in [7, 11) is 1.33. The Morgan fingerprint density at radius 3 is 2.38 bits per heavy atom. The molecule has 12 heteroatoms. The number of hydrogen-bond donors (Lipinski definition) is 4. The second kappa shape index (κ2) is 12.5. The predicted molar refractivity (Wildman–Crippen MR) is 162 cm³/mol. The van der Waals surface area contributed by atoms with Crippen molar-refractivity contribution in [1.82, 2.24) is 24.4 Å². The van der Waals surface area contributed by atoms with Crippen molar-refractivity contribution < 1.29 is 14.3 Å². The predicted octanol–water partition coefficient (Wildman–Crippen LogP) is 4.52. The van der Waals surface area contributed by atoms with Crippen LogP contribution in [-0.2, 0) is 4.74 Å². The highest BCUT2D eigenvalue weighted by molar-refractivity contribution is 6.00. The number of carbonyl (C=O) groups excluding carboxylic acids is 2. The van der Waals surface area contributed by atoms with Crippen LogP contribution in [0.2, 0.25) is 0 Å². The van der Waals surface area contributed by atoms with Crippen LogP contribution < -0.4 is 21.7 Å². The molecule has 5 N–H and O–H groups in total. The fourth-order valence-electron chi connectivity index (χ4n) is 6.47. The summed E-state index contributed by atoms with van der Waals surface area (Å²) in [5, 5.41) is 10.1. The molecular formula is C30H41N9O3. The number of piperidine rings is 1. The lowest BCUT2D eigenvalue weighted by molar-refractivity contribution is 0.0602. The van der Waals surface area contributed by atoms with E-state index < -0.39 is 5.97 Å². The number of aromatic nitrogens is 4. The summed E-state index contributed by atoms with van der Waals surface area (Å²) in [5.41, 5.74) is 8.56. The minimum atomic E-state index is -0.485. The normalized spacial score (nSPS) is 21.8. The van der Waals surface area contributed by atoms with Crippen LogP contribution in [-0.4, -0.2) is 74.7 Å². The van der Waals surface area contributed by atoms with Gasteiger partial charge in [0.25, 0.3) is 0 Å². The first-order valence-corrected chi connectivity index (χ1v) is 15.2. The minimum Gasteiger partial charge on any atom is -0.465 e. The quantitative estimate of drug-likeness (QED) is 0.298. The molecule has 2 aromatic heterocycles. The first-order valence-electron chi connectivity index (χ1n) is 15.2. The Morgan fingerprint density at radius 1 is 0.929 bits per heavy atom. The smallest absolute Gasteiger partial charge is 0.339 e. The van der Waals surface area contributed by atoms with E-state index in [2.05, 4.69) is 20.5 Å². The maximum atomic E-state index is 13.0. The molecule has 1 aromatic carbocycles. The highest BCUT2D eigenvalue weighted by Gasteiger charge is 2.27. The SMILES string of the molecule is COC(=O)c1ccccc1NC(=O)N1CCC(Nc2nc(N[C@H]3CC[C@H](N)CC3)nc3c2ncn3C2CCCC2)CC1. The van der Waals surface area contributed by atoms with E-state index in [1.165, 1.54) is 20.0 Å². The molecule has 3 aromatic rings. The van der Waals surface area contributed by atoms with E-state index in [0.717, 1.165) is 68.3 Å². The van der Waals surface area contributed by atoms with Crippen LogP contribution >= 0.6 is 0 Å².